The van der Waals surface area contributed by atoms with Crippen molar-refractivity contribution in [1.29, 1.82) is 0 Å². The van der Waals surface area contributed by atoms with Crippen LogP contribution in [-0.2, 0) is 21.7 Å². The van der Waals surface area contributed by atoms with Crippen LogP contribution in [0.25, 0.3) is 0 Å². The monoisotopic (exact) mass is 368 g/mol. The van der Waals surface area contributed by atoms with Crippen molar-refractivity contribution in [3.63, 3.8) is 0 Å². The van der Waals surface area contributed by atoms with E-state index in [1.165, 1.54) is 12.8 Å². The first-order valence-corrected chi connectivity index (χ1v) is 10.2. The van der Waals surface area contributed by atoms with Crippen molar-refractivity contribution in [2.24, 2.45) is 0 Å². The Kier molecular flexibility index (Phi) is 6.51. The van der Waals surface area contributed by atoms with Crippen molar-refractivity contribution >= 4 is 23.5 Å². The Morgan fingerprint density at radius 2 is 1.92 bits per heavy atom. The molecule has 2 aromatic carbocycles. The van der Waals surface area contributed by atoms with Gasteiger partial charge < -0.3 is 4.74 Å². The normalized spacial score (nSPS) is 12.9. The topological polar surface area (TPSA) is 43.4 Å². The smallest absolute Gasteiger partial charge is 0.310 e. The van der Waals surface area contributed by atoms with E-state index in [-0.39, 0.29) is 18.2 Å². The maximum Gasteiger partial charge on any atom is 0.310 e. The molecule has 0 aliphatic carbocycles. The summed E-state index contributed by atoms with van der Waals surface area (Å²) in [5.41, 5.74) is 3.45. The Labute approximate surface area is 159 Å². The van der Waals surface area contributed by atoms with E-state index >= 15 is 0 Å². The predicted octanol–water partition coefficient (Wildman–Crippen LogP) is 5.19. The van der Waals surface area contributed by atoms with Gasteiger partial charge in [-0.25, -0.2) is 0 Å². The molecule has 3 nitrogen and oxygen atoms in total. The maximum absolute atomic E-state index is 12.8. The number of fused-ring (bicyclic) bond motifs is 2. The predicted molar refractivity (Wildman–Crippen MR) is 105 cm³/mol. The number of hydrogen-bond acceptors (Lipinski definition) is 4. The molecule has 0 saturated heterocycles. The van der Waals surface area contributed by atoms with Gasteiger partial charge in [-0.05, 0) is 29.7 Å². The first kappa shape index (κ1) is 18.7. The number of carbonyl (C=O) groups excluding carboxylic acids is 2. The number of benzene rings is 2. The molecule has 1 aliphatic heterocycles. The first-order valence-electron chi connectivity index (χ1n) is 9.23. The summed E-state index contributed by atoms with van der Waals surface area (Å²) in [4.78, 5) is 25.8. The average molecular weight is 368 g/mol. The summed E-state index contributed by atoms with van der Waals surface area (Å²) < 4.78 is 5.32. The van der Waals surface area contributed by atoms with Crippen LogP contribution >= 0.6 is 11.8 Å². The highest BCUT2D eigenvalue weighted by Gasteiger charge is 2.21. The third-order valence-corrected chi connectivity index (χ3v) is 5.65. The van der Waals surface area contributed by atoms with Gasteiger partial charge in [0.15, 0.2) is 5.78 Å². The van der Waals surface area contributed by atoms with Gasteiger partial charge in [-0.2, -0.15) is 0 Å². The van der Waals surface area contributed by atoms with Gasteiger partial charge in [0.25, 0.3) is 0 Å². The molecule has 1 heterocycles. The van der Waals surface area contributed by atoms with Gasteiger partial charge in [0.05, 0.1) is 13.0 Å². The van der Waals surface area contributed by atoms with Gasteiger partial charge in [0.1, 0.15) is 0 Å². The van der Waals surface area contributed by atoms with E-state index in [1.807, 2.05) is 42.5 Å². The fourth-order valence-corrected chi connectivity index (χ4v) is 4.20. The second-order valence-electron chi connectivity index (χ2n) is 6.56. The number of unbranched alkanes of at least 4 members (excludes halogenated alkanes) is 3. The summed E-state index contributed by atoms with van der Waals surface area (Å²) in [7, 11) is 0. The highest BCUT2D eigenvalue weighted by molar-refractivity contribution is 7.98. The number of esters is 1. The molecule has 1 aliphatic rings. The lowest BCUT2D eigenvalue weighted by molar-refractivity contribution is -0.142. The summed E-state index contributed by atoms with van der Waals surface area (Å²) >= 11 is 1.65. The Bertz CT molecular complexity index is 798. The van der Waals surface area contributed by atoms with Crippen molar-refractivity contribution in [3.05, 3.63) is 64.7 Å². The zero-order valence-corrected chi connectivity index (χ0v) is 15.9. The Balaban J connectivity index is 1.64. The quantitative estimate of drug-likeness (QED) is 0.498. The van der Waals surface area contributed by atoms with Crippen LogP contribution in [0.4, 0.5) is 0 Å². The number of ketones is 1. The van der Waals surface area contributed by atoms with Gasteiger partial charge in [0.2, 0.25) is 0 Å². The molecular formula is C22H24O3S. The Morgan fingerprint density at radius 3 is 2.77 bits per heavy atom. The number of carbonyl (C=O) groups is 2. The largest absolute Gasteiger partial charge is 0.465 e. The molecule has 0 aromatic heterocycles. The number of rotatable bonds is 7. The SMILES string of the molecule is CCCCCCOC(=O)Cc1ccc2c(c1)SCc1ccccc1C2=O. The molecule has 0 radical (unpaired) electrons. The van der Waals surface area contributed by atoms with Crippen LogP contribution in [0.2, 0.25) is 0 Å². The lowest BCUT2D eigenvalue weighted by Crippen LogP contribution is -2.10. The molecule has 4 heteroatoms. The highest BCUT2D eigenvalue weighted by atomic mass is 32.2. The van der Waals surface area contributed by atoms with Crippen LogP contribution < -0.4 is 0 Å². The number of hydrogen-bond donors (Lipinski definition) is 0. The van der Waals surface area contributed by atoms with Gasteiger partial charge in [-0.3, -0.25) is 9.59 Å². The van der Waals surface area contributed by atoms with E-state index < -0.39 is 0 Å². The van der Waals surface area contributed by atoms with E-state index in [2.05, 4.69) is 6.92 Å². The van der Waals surface area contributed by atoms with Crippen LogP contribution in [0, 0.1) is 0 Å². The fourth-order valence-electron chi connectivity index (χ4n) is 3.08. The van der Waals surface area contributed by atoms with Crippen molar-refractivity contribution in [1.82, 2.24) is 0 Å². The molecule has 0 unspecified atom stereocenters. The second kappa shape index (κ2) is 9.04. The average Bonchev–Trinajstić information content (AvgIpc) is 2.79. The van der Waals surface area contributed by atoms with Gasteiger partial charge in [-0.1, -0.05) is 56.5 Å². The van der Waals surface area contributed by atoms with E-state index in [0.717, 1.165) is 45.7 Å². The number of thioether (sulfide) groups is 1. The molecule has 0 N–H and O–H groups in total. The third kappa shape index (κ3) is 4.55. The van der Waals surface area contributed by atoms with Gasteiger partial charge in [-0.15, -0.1) is 11.8 Å². The Hall–Kier alpha value is -2.07. The lowest BCUT2D eigenvalue weighted by Gasteiger charge is -2.08. The van der Waals surface area contributed by atoms with Gasteiger partial charge >= 0.3 is 5.97 Å². The maximum atomic E-state index is 12.8. The summed E-state index contributed by atoms with van der Waals surface area (Å²) in [5.74, 6) is 0.626. The number of ether oxygens (including phenoxy) is 1. The molecule has 0 bridgehead atoms. The molecule has 136 valence electrons. The van der Waals surface area contributed by atoms with Crippen molar-refractivity contribution in [2.45, 2.75) is 49.7 Å². The van der Waals surface area contributed by atoms with E-state index in [4.69, 9.17) is 4.74 Å². The zero-order valence-electron chi connectivity index (χ0n) is 15.1. The lowest BCUT2D eigenvalue weighted by atomic mass is 9.98. The fraction of sp³-hybridized carbons (Fsp3) is 0.364. The minimum absolute atomic E-state index is 0.0608. The van der Waals surface area contributed by atoms with Crippen molar-refractivity contribution in [2.75, 3.05) is 6.61 Å². The van der Waals surface area contributed by atoms with Crippen molar-refractivity contribution < 1.29 is 14.3 Å². The van der Waals surface area contributed by atoms with Crippen molar-refractivity contribution in [3.8, 4) is 0 Å². The molecule has 3 rings (SSSR count). The standard InChI is InChI=1S/C22H24O3S/c1-2-3-4-7-12-25-21(23)14-16-10-11-19-20(13-16)26-15-17-8-5-6-9-18(17)22(19)24/h5-6,8-11,13H,2-4,7,12,14-15H2,1H3. The van der Waals surface area contributed by atoms with Crippen LogP contribution in [0.1, 0.15) is 59.7 Å². The third-order valence-electron chi connectivity index (χ3n) is 4.55. The molecule has 0 saturated carbocycles. The summed E-state index contributed by atoms with van der Waals surface area (Å²) in [6.07, 6.45) is 4.62. The van der Waals surface area contributed by atoms with Crippen LogP contribution in [-0.4, -0.2) is 18.4 Å². The summed E-state index contributed by atoms with van der Waals surface area (Å²) in [6, 6.07) is 13.4. The molecule has 0 fully saturated rings. The van der Waals surface area contributed by atoms with E-state index in [1.54, 1.807) is 11.8 Å². The first-order chi connectivity index (χ1) is 12.7. The van der Waals surface area contributed by atoms with Crippen LogP contribution in [0.5, 0.6) is 0 Å². The molecule has 0 spiro atoms. The minimum atomic E-state index is -0.199. The van der Waals surface area contributed by atoms with Gasteiger partial charge in [0, 0.05) is 21.8 Å². The zero-order chi connectivity index (χ0) is 18.4. The van der Waals surface area contributed by atoms with Crippen LogP contribution in [0.15, 0.2) is 47.4 Å². The Morgan fingerprint density at radius 1 is 1.08 bits per heavy atom. The summed E-state index contributed by atoms with van der Waals surface area (Å²) in [5, 5.41) is 0. The molecule has 2 aromatic rings. The molecule has 26 heavy (non-hydrogen) atoms. The molecular weight excluding hydrogens is 344 g/mol. The second-order valence-corrected chi connectivity index (χ2v) is 7.58. The van der Waals surface area contributed by atoms with Crippen LogP contribution in [0.3, 0.4) is 0 Å². The molecule has 0 atom stereocenters. The van der Waals surface area contributed by atoms with E-state index in [9.17, 15) is 9.59 Å². The summed E-state index contributed by atoms with van der Waals surface area (Å²) in [6.45, 7) is 2.65. The molecule has 0 amide bonds. The van der Waals surface area contributed by atoms with E-state index in [0.29, 0.717) is 6.61 Å². The minimum Gasteiger partial charge on any atom is -0.465 e. The highest BCUT2D eigenvalue weighted by Crippen LogP contribution is 2.34.